The van der Waals surface area contributed by atoms with E-state index in [4.69, 9.17) is 9.47 Å². The van der Waals surface area contributed by atoms with Gasteiger partial charge < -0.3 is 14.8 Å². The summed E-state index contributed by atoms with van der Waals surface area (Å²) < 4.78 is 39.0. The maximum absolute atomic E-state index is 13.1. The third-order valence-electron chi connectivity index (χ3n) is 4.72. The molecule has 3 aromatic carbocycles. The SMILES string of the molecule is COc1ccc(OC)c(S(=O)(=O)Nc2ccccc2C(=O)NC(C)c2ccccc2)c1. The smallest absolute Gasteiger partial charge is 0.265 e. The lowest BCUT2D eigenvalue weighted by molar-refractivity contribution is 0.0941. The average Bonchev–Trinajstić information content (AvgIpc) is 2.79. The van der Waals surface area contributed by atoms with Crippen molar-refractivity contribution in [3.8, 4) is 11.5 Å². The van der Waals surface area contributed by atoms with E-state index in [9.17, 15) is 13.2 Å². The molecular weight excluding hydrogens is 416 g/mol. The Morgan fingerprint density at radius 1 is 0.903 bits per heavy atom. The van der Waals surface area contributed by atoms with E-state index in [2.05, 4.69) is 10.0 Å². The van der Waals surface area contributed by atoms with Crippen LogP contribution in [0.15, 0.2) is 77.7 Å². The van der Waals surface area contributed by atoms with Crippen LogP contribution < -0.4 is 19.5 Å². The molecule has 0 radical (unpaired) electrons. The number of benzene rings is 3. The number of ether oxygens (including phenoxy) is 2. The number of hydrogen-bond acceptors (Lipinski definition) is 5. The Morgan fingerprint density at radius 3 is 2.26 bits per heavy atom. The van der Waals surface area contributed by atoms with Gasteiger partial charge in [0, 0.05) is 6.07 Å². The Balaban J connectivity index is 1.89. The number of sulfonamides is 1. The van der Waals surface area contributed by atoms with Crippen LogP contribution in [0.5, 0.6) is 11.5 Å². The molecule has 0 bridgehead atoms. The number of anilines is 1. The number of para-hydroxylation sites is 1. The average molecular weight is 441 g/mol. The number of nitrogens with one attached hydrogen (secondary N) is 2. The first-order valence-corrected chi connectivity index (χ1v) is 11.0. The summed E-state index contributed by atoms with van der Waals surface area (Å²) in [5.41, 5.74) is 1.30. The highest BCUT2D eigenvalue weighted by Crippen LogP contribution is 2.30. The Kier molecular flexibility index (Phi) is 6.81. The van der Waals surface area contributed by atoms with Crippen molar-refractivity contribution in [3.63, 3.8) is 0 Å². The van der Waals surface area contributed by atoms with Crippen LogP contribution in [0.2, 0.25) is 0 Å². The normalized spacial score (nSPS) is 12.0. The molecule has 0 aromatic heterocycles. The molecule has 162 valence electrons. The van der Waals surface area contributed by atoms with Gasteiger partial charge in [0.05, 0.1) is 31.5 Å². The Labute approximate surface area is 182 Å². The first kappa shape index (κ1) is 22.2. The molecule has 31 heavy (non-hydrogen) atoms. The Morgan fingerprint density at radius 2 is 1.58 bits per heavy atom. The van der Waals surface area contributed by atoms with Crippen LogP contribution in [-0.4, -0.2) is 28.5 Å². The third kappa shape index (κ3) is 5.16. The van der Waals surface area contributed by atoms with Gasteiger partial charge in [-0.2, -0.15) is 0 Å². The van der Waals surface area contributed by atoms with Gasteiger partial charge in [-0.05, 0) is 36.8 Å². The minimum absolute atomic E-state index is 0.0952. The zero-order valence-corrected chi connectivity index (χ0v) is 18.3. The summed E-state index contributed by atoms with van der Waals surface area (Å²) in [5, 5.41) is 2.90. The van der Waals surface area contributed by atoms with Crippen LogP contribution >= 0.6 is 0 Å². The van der Waals surface area contributed by atoms with Crippen molar-refractivity contribution in [3.05, 3.63) is 83.9 Å². The first-order chi connectivity index (χ1) is 14.9. The van der Waals surface area contributed by atoms with Crippen LogP contribution in [-0.2, 0) is 10.0 Å². The van der Waals surface area contributed by atoms with E-state index in [1.807, 2.05) is 37.3 Å². The van der Waals surface area contributed by atoms with E-state index in [1.54, 1.807) is 24.3 Å². The van der Waals surface area contributed by atoms with Crippen LogP contribution in [0.4, 0.5) is 5.69 Å². The van der Waals surface area contributed by atoms with Gasteiger partial charge in [0.1, 0.15) is 16.4 Å². The first-order valence-electron chi connectivity index (χ1n) is 9.55. The van der Waals surface area contributed by atoms with Gasteiger partial charge in [-0.3, -0.25) is 9.52 Å². The van der Waals surface area contributed by atoms with Gasteiger partial charge >= 0.3 is 0 Å². The molecule has 0 heterocycles. The van der Waals surface area contributed by atoms with Gasteiger partial charge in [-0.1, -0.05) is 42.5 Å². The van der Waals surface area contributed by atoms with Gasteiger partial charge in [-0.15, -0.1) is 0 Å². The fraction of sp³-hybridized carbons (Fsp3) is 0.174. The Hall–Kier alpha value is -3.52. The zero-order chi connectivity index (χ0) is 22.4. The minimum Gasteiger partial charge on any atom is -0.497 e. The summed E-state index contributed by atoms with van der Waals surface area (Å²) in [6, 6.07) is 20.1. The maximum Gasteiger partial charge on any atom is 0.265 e. The molecule has 1 atom stereocenters. The van der Waals surface area contributed by atoms with Crippen molar-refractivity contribution in [2.24, 2.45) is 0 Å². The topological polar surface area (TPSA) is 93.7 Å². The lowest BCUT2D eigenvalue weighted by atomic mass is 10.1. The molecule has 2 N–H and O–H groups in total. The third-order valence-corrected chi connectivity index (χ3v) is 6.11. The van der Waals surface area contributed by atoms with Crippen molar-refractivity contribution < 1.29 is 22.7 Å². The van der Waals surface area contributed by atoms with Crippen molar-refractivity contribution in [2.45, 2.75) is 17.9 Å². The summed E-state index contributed by atoms with van der Waals surface area (Å²) in [4.78, 5) is 12.8. The van der Waals surface area contributed by atoms with Gasteiger partial charge in [0.2, 0.25) is 0 Å². The van der Waals surface area contributed by atoms with Gasteiger partial charge in [0.15, 0.2) is 0 Å². The van der Waals surface area contributed by atoms with Gasteiger partial charge in [0.25, 0.3) is 15.9 Å². The number of amides is 1. The van der Waals surface area contributed by atoms with E-state index in [0.29, 0.717) is 5.75 Å². The van der Waals surface area contributed by atoms with E-state index < -0.39 is 15.9 Å². The molecule has 0 fully saturated rings. The van der Waals surface area contributed by atoms with Crippen LogP contribution in [0.1, 0.15) is 28.9 Å². The predicted octanol–water partition coefficient (Wildman–Crippen LogP) is 4.00. The number of methoxy groups -OCH3 is 2. The summed E-state index contributed by atoms with van der Waals surface area (Å²) in [5.74, 6) is 0.129. The number of hydrogen-bond donors (Lipinski definition) is 2. The van der Waals surface area contributed by atoms with E-state index in [1.165, 1.54) is 32.4 Å². The molecule has 3 aromatic rings. The molecule has 0 aliphatic carbocycles. The Bertz CT molecular complexity index is 1160. The molecule has 1 amide bonds. The fourth-order valence-electron chi connectivity index (χ4n) is 3.06. The highest BCUT2D eigenvalue weighted by Gasteiger charge is 2.23. The molecule has 0 saturated heterocycles. The van der Waals surface area contributed by atoms with Crippen molar-refractivity contribution in [1.82, 2.24) is 5.32 Å². The molecule has 0 saturated carbocycles. The second-order valence-electron chi connectivity index (χ2n) is 6.77. The lowest BCUT2D eigenvalue weighted by Crippen LogP contribution is -2.28. The molecule has 0 aliphatic heterocycles. The summed E-state index contributed by atoms with van der Waals surface area (Å²) in [6.07, 6.45) is 0. The predicted molar refractivity (Wildman–Crippen MR) is 119 cm³/mol. The highest BCUT2D eigenvalue weighted by atomic mass is 32.2. The van der Waals surface area contributed by atoms with Crippen LogP contribution in [0, 0.1) is 0 Å². The summed E-state index contributed by atoms with van der Waals surface area (Å²) in [7, 11) is -1.23. The van der Waals surface area contributed by atoms with Crippen molar-refractivity contribution in [2.75, 3.05) is 18.9 Å². The number of carbonyl (C=O) groups excluding carboxylic acids is 1. The standard InChI is InChI=1S/C23H24N2O5S/c1-16(17-9-5-4-6-10-17)24-23(26)19-11-7-8-12-20(19)25-31(27,28)22-15-18(29-2)13-14-21(22)30-3/h4-16,25H,1-3H3,(H,24,26). The molecule has 0 aliphatic rings. The zero-order valence-electron chi connectivity index (χ0n) is 17.5. The summed E-state index contributed by atoms with van der Waals surface area (Å²) in [6.45, 7) is 1.86. The lowest BCUT2D eigenvalue weighted by Gasteiger charge is -2.17. The second-order valence-corrected chi connectivity index (χ2v) is 8.42. The molecule has 1 unspecified atom stereocenters. The van der Waals surface area contributed by atoms with Gasteiger partial charge in [-0.25, -0.2) is 8.42 Å². The largest absolute Gasteiger partial charge is 0.497 e. The molecule has 8 heteroatoms. The van der Waals surface area contributed by atoms with Crippen LogP contribution in [0.3, 0.4) is 0 Å². The maximum atomic E-state index is 13.1. The highest BCUT2D eigenvalue weighted by molar-refractivity contribution is 7.92. The van der Waals surface area contributed by atoms with E-state index >= 15 is 0 Å². The fourth-order valence-corrected chi connectivity index (χ4v) is 4.33. The van der Waals surface area contributed by atoms with Crippen molar-refractivity contribution >= 4 is 21.6 Å². The molecular formula is C23H24N2O5S. The van der Waals surface area contributed by atoms with Crippen LogP contribution in [0.25, 0.3) is 0 Å². The summed E-state index contributed by atoms with van der Waals surface area (Å²) >= 11 is 0. The number of carbonyl (C=O) groups is 1. The van der Waals surface area contributed by atoms with E-state index in [-0.39, 0.29) is 27.9 Å². The monoisotopic (exact) mass is 440 g/mol. The number of rotatable bonds is 8. The van der Waals surface area contributed by atoms with E-state index in [0.717, 1.165) is 5.56 Å². The minimum atomic E-state index is -4.06. The molecule has 0 spiro atoms. The van der Waals surface area contributed by atoms with Crippen molar-refractivity contribution in [1.29, 1.82) is 0 Å². The molecule has 7 nitrogen and oxygen atoms in total. The quantitative estimate of drug-likeness (QED) is 0.552. The molecule has 3 rings (SSSR count). The second kappa shape index (κ2) is 9.53.